The van der Waals surface area contributed by atoms with Gasteiger partial charge in [0.2, 0.25) is 5.91 Å². The molecule has 4 aromatic rings. The van der Waals surface area contributed by atoms with Gasteiger partial charge in [-0.15, -0.1) is 0 Å². The second-order valence-corrected chi connectivity index (χ2v) is 8.40. The van der Waals surface area contributed by atoms with Crippen molar-refractivity contribution < 1.29 is 9.53 Å². The second kappa shape index (κ2) is 9.46. The fraction of sp³-hybridized carbons (Fsp3) is 0.125. The smallest absolute Gasteiger partial charge is 0.266 e. The molecule has 8 heteroatoms. The highest BCUT2D eigenvalue weighted by molar-refractivity contribution is 7.99. The quantitative estimate of drug-likeness (QED) is 0.317. The van der Waals surface area contributed by atoms with E-state index in [1.807, 2.05) is 43.3 Å². The van der Waals surface area contributed by atoms with Gasteiger partial charge in [-0.2, -0.15) is 0 Å². The van der Waals surface area contributed by atoms with Crippen LogP contribution in [0.25, 0.3) is 16.6 Å². The van der Waals surface area contributed by atoms with E-state index in [2.05, 4.69) is 10.3 Å². The number of para-hydroxylation sites is 2. The Bertz CT molecular complexity index is 1370. The van der Waals surface area contributed by atoms with Crippen LogP contribution in [0.5, 0.6) is 5.75 Å². The van der Waals surface area contributed by atoms with E-state index in [1.54, 1.807) is 34.9 Å². The zero-order chi connectivity index (χ0) is 22.7. The number of methoxy groups -OCH3 is 1. The third-order valence-electron chi connectivity index (χ3n) is 4.87. The highest BCUT2D eigenvalue weighted by Crippen LogP contribution is 2.28. The summed E-state index contributed by atoms with van der Waals surface area (Å²) in [5.74, 6) is 0.287. The second-order valence-electron chi connectivity index (χ2n) is 7.02. The minimum atomic E-state index is -0.269. The highest BCUT2D eigenvalue weighted by atomic mass is 35.5. The molecule has 0 atom stereocenters. The number of fused-ring (bicyclic) bond motifs is 1. The first-order valence-corrected chi connectivity index (χ1v) is 11.2. The number of aromatic nitrogens is 2. The molecule has 162 valence electrons. The number of hydrogen-bond donors (Lipinski definition) is 1. The average molecular weight is 466 g/mol. The van der Waals surface area contributed by atoms with Crippen LogP contribution in [0.15, 0.2) is 76.7 Å². The number of aryl methyl sites for hydroxylation is 1. The van der Waals surface area contributed by atoms with Crippen molar-refractivity contribution in [3.8, 4) is 11.4 Å². The Morgan fingerprint density at radius 3 is 2.66 bits per heavy atom. The predicted octanol–water partition coefficient (Wildman–Crippen LogP) is 5.09. The van der Waals surface area contributed by atoms with Gasteiger partial charge in [-0.05, 0) is 48.9 Å². The Morgan fingerprint density at radius 1 is 1.12 bits per heavy atom. The lowest BCUT2D eigenvalue weighted by Crippen LogP contribution is -2.23. The van der Waals surface area contributed by atoms with Crippen LogP contribution in [0, 0.1) is 6.92 Å². The van der Waals surface area contributed by atoms with Gasteiger partial charge in [0.25, 0.3) is 5.56 Å². The van der Waals surface area contributed by atoms with Gasteiger partial charge in [0.1, 0.15) is 5.75 Å². The molecular weight excluding hydrogens is 446 g/mol. The molecule has 1 heterocycles. The Labute approximate surface area is 194 Å². The third-order valence-corrected chi connectivity index (χ3v) is 6.04. The predicted molar refractivity (Wildman–Crippen MR) is 129 cm³/mol. The third kappa shape index (κ3) is 4.49. The molecule has 0 aliphatic heterocycles. The lowest BCUT2D eigenvalue weighted by atomic mass is 10.2. The van der Waals surface area contributed by atoms with Crippen LogP contribution >= 0.6 is 23.4 Å². The number of amides is 1. The van der Waals surface area contributed by atoms with Crippen LogP contribution in [0.3, 0.4) is 0 Å². The molecule has 0 fully saturated rings. The van der Waals surface area contributed by atoms with Gasteiger partial charge >= 0.3 is 0 Å². The van der Waals surface area contributed by atoms with Gasteiger partial charge in [0.15, 0.2) is 5.16 Å². The van der Waals surface area contributed by atoms with Crippen LogP contribution in [0.1, 0.15) is 5.56 Å². The van der Waals surface area contributed by atoms with Crippen molar-refractivity contribution in [3.63, 3.8) is 0 Å². The zero-order valence-electron chi connectivity index (χ0n) is 17.5. The zero-order valence-corrected chi connectivity index (χ0v) is 19.0. The van der Waals surface area contributed by atoms with E-state index in [9.17, 15) is 9.59 Å². The summed E-state index contributed by atoms with van der Waals surface area (Å²) in [5, 5.41) is 4.26. The maximum absolute atomic E-state index is 13.3. The number of carbonyl (C=O) groups excluding carboxylic acids is 1. The fourth-order valence-electron chi connectivity index (χ4n) is 3.33. The van der Waals surface area contributed by atoms with Crippen LogP contribution in [-0.4, -0.2) is 28.3 Å². The number of hydrogen-bond acceptors (Lipinski definition) is 5. The van der Waals surface area contributed by atoms with Crippen molar-refractivity contribution in [3.05, 3.63) is 87.7 Å². The average Bonchev–Trinajstić information content (AvgIpc) is 2.79. The summed E-state index contributed by atoms with van der Waals surface area (Å²) < 4.78 is 6.85. The van der Waals surface area contributed by atoms with E-state index < -0.39 is 0 Å². The molecule has 0 aliphatic rings. The molecule has 4 rings (SSSR count). The molecular formula is C24H20ClN3O3S. The normalized spacial score (nSPS) is 10.8. The molecule has 3 aromatic carbocycles. The Morgan fingerprint density at radius 2 is 1.88 bits per heavy atom. The van der Waals surface area contributed by atoms with E-state index in [1.165, 1.54) is 18.9 Å². The van der Waals surface area contributed by atoms with Gasteiger partial charge in [-0.1, -0.05) is 53.7 Å². The van der Waals surface area contributed by atoms with Crippen molar-refractivity contribution in [2.75, 3.05) is 18.2 Å². The van der Waals surface area contributed by atoms with Gasteiger partial charge in [-0.25, -0.2) is 4.98 Å². The minimum Gasteiger partial charge on any atom is -0.495 e. The number of benzene rings is 3. The number of ether oxygens (including phenoxy) is 1. The Hall–Kier alpha value is -3.29. The molecule has 0 bridgehead atoms. The molecule has 1 aromatic heterocycles. The first-order valence-electron chi connectivity index (χ1n) is 9.82. The van der Waals surface area contributed by atoms with Crippen LogP contribution in [-0.2, 0) is 4.79 Å². The van der Waals surface area contributed by atoms with Crippen molar-refractivity contribution in [2.24, 2.45) is 0 Å². The number of nitrogens with zero attached hydrogens (tertiary/aromatic N) is 2. The van der Waals surface area contributed by atoms with Gasteiger partial charge in [0, 0.05) is 5.02 Å². The Balaban J connectivity index is 1.68. The summed E-state index contributed by atoms with van der Waals surface area (Å²) in [6.45, 7) is 1.93. The molecule has 0 radical (unpaired) electrons. The van der Waals surface area contributed by atoms with Crippen LogP contribution < -0.4 is 15.6 Å². The molecule has 0 unspecified atom stereocenters. The van der Waals surface area contributed by atoms with Crippen molar-refractivity contribution in [2.45, 2.75) is 12.1 Å². The number of nitrogens with one attached hydrogen (secondary N) is 1. The summed E-state index contributed by atoms with van der Waals surface area (Å²) >= 11 is 7.24. The molecule has 0 aliphatic carbocycles. The summed E-state index contributed by atoms with van der Waals surface area (Å²) in [4.78, 5) is 30.7. The SMILES string of the molecule is COc1ccc(Cl)cc1NC(=O)CSc1nc2ccccc2c(=O)n1-c1ccccc1C. The molecule has 32 heavy (non-hydrogen) atoms. The summed E-state index contributed by atoms with van der Waals surface area (Å²) in [5.41, 5.74) is 2.55. The van der Waals surface area contributed by atoms with Gasteiger partial charge in [0.05, 0.1) is 35.1 Å². The standard InChI is InChI=1S/C24H20ClN3O3S/c1-15-7-3-6-10-20(15)28-23(30)17-8-4-5-9-18(17)27-24(28)32-14-22(29)26-19-13-16(25)11-12-21(19)31-2/h3-13H,14H2,1-2H3,(H,26,29). The van der Waals surface area contributed by atoms with E-state index in [-0.39, 0.29) is 17.2 Å². The number of rotatable bonds is 6. The van der Waals surface area contributed by atoms with Crippen LogP contribution in [0.4, 0.5) is 5.69 Å². The van der Waals surface area contributed by atoms with E-state index >= 15 is 0 Å². The van der Waals surface area contributed by atoms with E-state index in [0.29, 0.717) is 32.5 Å². The van der Waals surface area contributed by atoms with Crippen LogP contribution in [0.2, 0.25) is 5.02 Å². The molecule has 6 nitrogen and oxygen atoms in total. The molecule has 0 spiro atoms. The monoisotopic (exact) mass is 465 g/mol. The van der Waals surface area contributed by atoms with E-state index in [0.717, 1.165) is 11.3 Å². The highest BCUT2D eigenvalue weighted by Gasteiger charge is 2.16. The number of halogens is 1. The molecule has 1 N–H and O–H groups in total. The lowest BCUT2D eigenvalue weighted by molar-refractivity contribution is -0.113. The molecule has 0 saturated heterocycles. The fourth-order valence-corrected chi connectivity index (χ4v) is 4.31. The summed E-state index contributed by atoms with van der Waals surface area (Å²) in [6.07, 6.45) is 0. The van der Waals surface area contributed by atoms with Crippen molar-refractivity contribution in [1.29, 1.82) is 0 Å². The molecule has 0 saturated carbocycles. The first-order chi connectivity index (χ1) is 15.5. The number of thioether (sulfide) groups is 1. The molecule has 1 amide bonds. The maximum atomic E-state index is 13.3. The lowest BCUT2D eigenvalue weighted by Gasteiger charge is -2.15. The van der Waals surface area contributed by atoms with E-state index in [4.69, 9.17) is 16.3 Å². The Kier molecular flexibility index (Phi) is 6.48. The topological polar surface area (TPSA) is 73.2 Å². The first kappa shape index (κ1) is 21.9. The number of anilines is 1. The maximum Gasteiger partial charge on any atom is 0.266 e. The summed E-state index contributed by atoms with van der Waals surface area (Å²) in [7, 11) is 1.52. The van der Waals surface area contributed by atoms with Gasteiger partial charge in [-0.3, -0.25) is 14.2 Å². The van der Waals surface area contributed by atoms with Gasteiger partial charge < -0.3 is 10.1 Å². The minimum absolute atomic E-state index is 0.0479. The van der Waals surface area contributed by atoms with Crippen molar-refractivity contribution >= 4 is 45.9 Å². The number of carbonyl (C=O) groups is 1. The summed E-state index contributed by atoms with van der Waals surface area (Å²) in [6, 6.07) is 19.8. The largest absolute Gasteiger partial charge is 0.495 e. The van der Waals surface area contributed by atoms with Crippen molar-refractivity contribution in [1.82, 2.24) is 9.55 Å².